The molecule has 0 spiro atoms. The number of fused-ring (bicyclic) bond motifs is 3. The fourth-order valence-corrected chi connectivity index (χ4v) is 5.39. The zero-order chi connectivity index (χ0) is 24.5. The van der Waals surface area contributed by atoms with Crippen LogP contribution in [0.1, 0.15) is 16.1 Å². The van der Waals surface area contributed by atoms with Crippen molar-refractivity contribution in [2.24, 2.45) is 5.92 Å². The highest BCUT2D eigenvalue weighted by molar-refractivity contribution is 7.98. The van der Waals surface area contributed by atoms with Gasteiger partial charge in [-0.25, -0.2) is 4.68 Å². The van der Waals surface area contributed by atoms with Gasteiger partial charge in [-0.05, 0) is 42.5 Å². The zero-order valence-corrected chi connectivity index (χ0v) is 20.4. The molecule has 6 nitrogen and oxygen atoms in total. The minimum absolute atomic E-state index is 0.0924. The van der Waals surface area contributed by atoms with Crippen molar-refractivity contribution in [3.8, 4) is 23.0 Å². The van der Waals surface area contributed by atoms with Crippen molar-refractivity contribution in [1.82, 2.24) is 9.78 Å². The number of ketones is 1. The number of nitriles is 1. The number of nitrogens with one attached hydrogen (secondary N) is 1. The van der Waals surface area contributed by atoms with Crippen molar-refractivity contribution >= 4 is 52.3 Å². The summed E-state index contributed by atoms with van der Waals surface area (Å²) in [7, 11) is 0. The van der Waals surface area contributed by atoms with Crippen LogP contribution in [-0.2, 0) is 10.5 Å². The summed E-state index contributed by atoms with van der Waals surface area (Å²) in [6.45, 7) is 0. The summed E-state index contributed by atoms with van der Waals surface area (Å²) < 4.78 is 1.66. The summed E-state index contributed by atoms with van der Waals surface area (Å²) >= 11 is 13.8. The van der Waals surface area contributed by atoms with E-state index in [0.29, 0.717) is 32.7 Å². The van der Waals surface area contributed by atoms with Crippen LogP contribution in [0.4, 0.5) is 5.69 Å². The summed E-state index contributed by atoms with van der Waals surface area (Å²) in [6, 6.07) is 23.3. The molecule has 1 aromatic heterocycles. The van der Waals surface area contributed by atoms with E-state index in [2.05, 4.69) is 10.4 Å². The van der Waals surface area contributed by atoms with Gasteiger partial charge in [0.1, 0.15) is 5.69 Å². The molecule has 4 aromatic rings. The summed E-state index contributed by atoms with van der Waals surface area (Å²) in [5.41, 5.74) is 3.50. The molecule has 1 N–H and O–H groups in total. The molecule has 0 aliphatic carbocycles. The average molecular weight is 519 g/mol. The van der Waals surface area contributed by atoms with Crippen LogP contribution < -0.4 is 5.32 Å². The number of carbonyl (C=O) groups is 2. The van der Waals surface area contributed by atoms with E-state index in [-0.39, 0.29) is 5.69 Å². The second-order valence-corrected chi connectivity index (χ2v) is 9.67. The van der Waals surface area contributed by atoms with E-state index in [0.717, 1.165) is 16.2 Å². The number of nitrogens with zero attached hydrogens (tertiary/aromatic N) is 3. The number of anilines is 1. The van der Waals surface area contributed by atoms with Crippen LogP contribution in [0.2, 0.25) is 10.0 Å². The Morgan fingerprint density at radius 1 is 1.03 bits per heavy atom. The number of thioether (sulfide) groups is 1. The van der Waals surface area contributed by atoms with Crippen LogP contribution in [0.15, 0.2) is 77.7 Å². The van der Waals surface area contributed by atoms with Gasteiger partial charge in [0.2, 0.25) is 11.7 Å². The van der Waals surface area contributed by atoms with E-state index in [9.17, 15) is 14.9 Å². The molecule has 1 aliphatic rings. The number of hydrogen-bond donors (Lipinski definition) is 1. The molecule has 0 bridgehead atoms. The highest BCUT2D eigenvalue weighted by Crippen LogP contribution is 2.44. The number of aromatic nitrogens is 2. The molecule has 1 atom stereocenters. The molecule has 1 amide bonds. The Morgan fingerprint density at radius 3 is 2.51 bits per heavy atom. The molecule has 35 heavy (non-hydrogen) atoms. The summed E-state index contributed by atoms with van der Waals surface area (Å²) in [6.07, 6.45) is 0. The Morgan fingerprint density at radius 2 is 1.77 bits per heavy atom. The first-order valence-corrected chi connectivity index (χ1v) is 12.3. The van der Waals surface area contributed by atoms with Crippen LogP contribution in [-0.4, -0.2) is 21.5 Å². The van der Waals surface area contributed by atoms with E-state index >= 15 is 0 Å². The number of hydrogen-bond acceptors (Lipinski definition) is 5. The Hall–Kier alpha value is -3.57. The Kier molecular flexibility index (Phi) is 6.35. The minimum atomic E-state index is -1.58. The van der Waals surface area contributed by atoms with Gasteiger partial charge in [-0.2, -0.15) is 10.4 Å². The summed E-state index contributed by atoms with van der Waals surface area (Å²) in [5, 5.41) is 17.9. The van der Waals surface area contributed by atoms with Crippen molar-refractivity contribution in [2.45, 2.75) is 10.6 Å². The van der Waals surface area contributed by atoms with Gasteiger partial charge in [0.05, 0.1) is 17.5 Å². The van der Waals surface area contributed by atoms with Crippen molar-refractivity contribution < 1.29 is 9.59 Å². The van der Waals surface area contributed by atoms with Gasteiger partial charge in [-0.1, -0.05) is 53.5 Å². The van der Waals surface area contributed by atoms with Gasteiger partial charge in [-0.3, -0.25) is 9.59 Å². The molecular weight excluding hydrogens is 503 g/mol. The minimum Gasteiger partial charge on any atom is -0.324 e. The number of carbonyl (C=O) groups excluding carboxylic acids is 2. The first-order chi connectivity index (χ1) is 17.0. The van der Waals surface area contributed by atoms with Gasteiger partial charge < -0.3 is 5.32 Å². The Balaban J connectivity index is 1.59. The lowest BCUT2D eigenvalue weighted by molar-refractivity contribution is -0.117. The van der Waals surface area contributed by atoms with Gasteiger partial charge in [0.15, 0.2) is 5.92 Å². The third-order valence-corrected chi connectivity index (χ3v) is 7.10. The normalized spacial score (nSPS) is 12.7. The molecule has 5 rings (SSSR count). The third-order valence-electron chi connectivity index (χ3n) is 5.53. The van der Waals surface area contributed by atoms with Gasteiger partial charge in [0.25, 0.3) is 0 Å². The lowest BCUT2D eigenvalue weighted by atomic mass is 9.97. The monoisotopic (exact) mass is 518 g/mol. The zero-order valence-electron chi connectivity index (χ0n) is 18.0. The summed E-state index contributed by atoms with van der Waals surface area (Å²) in [5.74, 6) is -2.51. The number of benzene rings is 3. The molecule has 0 saturated carbocycles. The maximum absolute atomic E-state index is 13.5. The maximum atomic E-state index is 13.5. The Labute approximate surface area is 215 Å². The highest BCUT2D eigenvalue weighted by Gasteiger charge is 2.35. The second kappa shape index (κ2) is 9.59. The number of amides is 1. The molecule has 1 aliphatic heterocycles. The first-order valence-electron chi connectivity index (χ1n) is 10.6. The standard InChI is InChI=1S/C26H16Cl2N4O2S/c27-15-5-3-7-17(11-15)30-26(34)20(13-29)25(33)23-21-14-35-22-10-2-1-9-19(22)24(21)32(31-23)18-8-4-6-16(28)12-18/h1-12,20H,14H2,(H,30,34). The molecule has 0 radical (unpaired) electrons. The van der Waals surface area contributed by atoms with E-state index in [1.54, 1.807) is 58.9 Å². The molecule has 1 unspecified atom stereocenters. The smallest absolute Gasteiger partial charge is 0.249 e. The SMILES string of the molecule is N#CC(C(=O)Nc1cccc(Cl)c1)C(=O)c1nn(-c2cccc(Cl)c2)c2c1CSc1ccccc1-2. The van der Waals surface area contributed by atoms with Crippen molar-refractivity contribution in [3.05, 3.63) is 94.1 Å². The number of halogens is 2. The molecule has 172 valence electrons. The molecule has 0 fully saturated rings. The van der Waals surface area contributed by atoms with Crippen LogP contribution in [0, 0.1) is 17.2 Å². The van der Waals surface area contributed by atoms with E-state index in [1.807, 2.05) is 36.4 Å². The van der Waals surface area contributed by atoms with Crippen molar-refractivity contribution in [1.29, 1.82) is 5.26 Å². The van der Waals surface area contributed by atoms with Crippen LogP contribution in [0.25, 0.3) is 16.9 Å². The predicted molar refractivity (Wildman–Crippen MR) is 137 cm³/mol. The lowest BCUT2D eigenvalue weighted by Gasteiger charge is -2.18. The molecule has 0 saturated heterocycles. The van der Waals surface area contributed by atoms with Crippen molar-refractivity contribution in [3.63, 3.8) is 0 Å². The second-order valence-electron chi connectivity index (χ2n) is 7.78. The lowest BCUT2D eigenvalue weighted by Crippen LogP contribution is -2.29. The van der Waals surface area contributed by atoms with E-state index in [1.165, 1.54) is 0 Å². The predicted octanol–water partition coefficient (Wildman–Crippen LogP) is 6.41. The Bertz CT molecular complexity index is 1530. The van der Waals surface area contributed by atoms with E-state index < -0.39 is 17.6 Å². The topological polar surface area (TPSA) is 87.8 Å². The van der Waals surface area contributed by atoms with E-state index in [4.69, 9.17) is 23.2 Å². The molecule has 9 heteroatoms. The van der Waals surface area contributed by atoms with Gasteiger partial charge in [0, 0.05) is 37.5 Å². The van der Waals surface area contributed by atoms with Crippen molar-refractivity contribution in [2.75, 3.05) is 5.32 Å². The fourth-order valence-electron chi connectivity index (χ4n) is 3.95. The highest BCUT2D eigenvalue weighted by atomic mass is 35.5. The van der Waals surface area contributed by atoms with Gasteiger partial charge >= 0.3 is 0 Å². The molecular formula is C26H16Cl2N4O2S. The van der Waals surface area contributed by atoms with Crippen LogP contribution >= 0.6 is 35.0 Å². The average Bonchev–Trinajstić information content (AvgIpc) is 3.25. The van der Waals surface area contributed by atoms with Gasteiger partial charge in [-0.15, -0.1) is 11.8 Å². The molecule has 2 heterocycles. The summed E-state index contributed by atoms with van der Waals surface area (Å²) in [4.78, 5) is 27.5. The molecule has 3 aromatic carbocycles. The first kappa shape index (κ1) is 23.2. The number of rotatable bonds is 5. The fraction of sp³-hybridized carbons (Fsp3) is 0.0769. The quantitative estimate of drug-likeness (QED) is 0.243. The van der Waals surface area contributed by atoms with Crippen LogP contribution in [0.3, 0.4) is 0 Å². The largest absolute Gasteiger partial charge is 0.324 e. The van der Waals surface area contributed by atoms with Crippen LogP contribution in [0.5, 0.6) is 0 Å². The maximum Gasteiger partial charge on any atom is 0.249 e. The number of Topliss-reactive ketones (excluding diaryl/α,β-unsaturated/α-hetero) is 1. The third kappa shape index (κ3) is 4.44.